The molecule has 2 aromatic rings. The lowest BCUT2D eigenvalue weighted by molar-refractivity contribution is -0.122. The monoisotopic (exact) mass is 415 g/mol. The molecule has 0 aliphatic heterocycles. The van der Waals surface area contributed by atoms with Gasteiger partial charge in [0.2, 0.25) is 17.6 Å². The lowest BCUT2D eigenvalue weighted by Gasteiger charge is -2.30. The first kappa shape index (κ1) is 23.3. The Morgan fingerprint density at radius 2 is 1.93 bits per heavy atom. The van der Waals surface area contributed by atoms with Gasteiger partial charge in [0.1, 0.15) is 0 Å². The molecule has 1 unspecified atom stereocenters. The third-order valence-corrected chi connectivity index (χ3v) is 4.79. The van der Waals surface area contributed by atoms with Crippen LogP contribution in [0, 0.1) is 5.92 Å². The Hall–Kier alpha value is -1.70. The molecule has 0 aromatic carbocycles. The third kappa shape index (κ3) is 6.75. The molecule has 9 heteroatoms. The fourth-order valence-corrected chi connectivity index (χ4v) is 3.38. The third-order valence-electron chi connectivity index (χ3n) is 4.79. The lowest BCUT2D eigenvalue weighted by Crippen LogP contribution is -2.46. The van der Waals surface area contributed by atoms with E-state index in [1.807, 2.05) is 12.1 Å². The molecule has 2 heterocycles. The van der Waals surface area contributed by atoms with Gasteiger partial charge < -0.3 is 15.6 Å². The highest BCUT2D eigenvalue weighted by Gasteiger charge is 2.24. The van der Waals surface area contributed by atoms with Gasteiger partial charge in [0.05, 0.1) is 0 Å². The minimum absolute atomic E-state index is 0. The molecule has 3 rings (SSSR count). The van der Waals surface area contributed by atoms with Gasteiger partial charge in [-0.1, -0.05) is 24.4 Å². The molecule has 1 amide bonds. The molecule has 0 saturated heterocycles. The number of rotatable bonds is 7. The van der Waals surface area contributed by atoms with Gasteiger partial charge in [-0.15, -0.1) is 24.8 Å². The van der Waals surface area contributed by atoms with E-state index in [-0.39, 0.29) is 36.8 Å². The Morgan fingerprint density at radius 3 is 2.59 bits per heavy atom. The number of nitrogens with two attached hydrogens (primary N) is 1. The number of aryl methyl sites for hydroxylation is 1. The number of hydrogen-bond donors (Lipinski definition) is 2. The summed E-state index contributed by atoms with van der Waals surface area (Å²) >= 11 is 0. The molecular weight excluding hydrogens is 389 g/mol. The van der Waals surface area contributed by atoms with Gasteiger partial charge in [-0.25, -0.2) is 0 Å². The molecule has 150 valence electrons. The summed E-state index contributed by atoms with van der Waals surface area (Å²) in [5.74, 6) is 1.47. The van der Waals surface area contributed by atoms with E-state index < -0.39 is 0 Å². The van der Waals surface area contributed by atoms with Crippen molar-refractivity contribution in [2.24, 2.45) is 11.7 Å². The lowest BCUT2D eigenvalue weighted by atomic mass is 9.84. The van der Waals surface area contributed by atoms with Crippen molar-refractivity contribution >= 4 is 30.7 Å². The predicted octanol–water partition coefficient (Wildman–Crippen LogP) is 2.93. The van der Waals surface area contributed by atoms with Gasteiger partial charge in [-0.3, -0.25) is 9.78 Å². The van der Waals surface area contributed by atoms with Crippen LogP contribution in [-0.4, -0.2) is 33.6 Å². The van der Waals surface area contributed by atoms with E-state index in [2.05, 4.69) is 20.4 Å². The van der Waals surface area contributed by atoms with E-state index >= 15 is 0 Å². The zero-order valence-electron chi connectivity index (χ0n) is 15.2. The smallest absolute Gasteiger partial charge is 0.227 e. The van der Waals surface area contributed by atoms with Crippen LogP contribution in [0.25, 0.3) is 11.4 Å². The number of amides is 1. The number of nitrogens with one attached hydrogen (secondary N) is 1. The molecule has 27 heavy (non-hydrogen) atoms. The molecule has 0 radical (unpaired) electrons. The Labute approximate surface area is 171 Å². The number of carbonyl (C=O) groups excluding carboxylic acids is 1. The highest BCUT2D eigenvalue weighted by atomic mass is 35.5. The first-order chi connectivity index (χ1) is 12.3. The maximum absolute atomic E-state index is 12.2. The average molecular weight is 416 g/mol. The molecule has 0 bridgehead atoms. The minimum atomic E-state index is -0.00955. The van der Waals surface area contributed by atoms with E-state index in [4.69, 9.17) is 10.3 Å². The van der Waals surface area contributed by atoms with Gasteiger partial charge in [-0.2, -0.15) is 4.98 Å². The minimum Gasteiger partial charge on any atom is -0.352 e. The number of pyridine rings is 1. The summed E-state index contributed by atoms with van der Waals surface area (Å²) in [5, 5.41) is 7.03. The highest BCUT2D eigenvalue weighted by Crippen LogP contribution is 2.26. The molecule has 1 fully saturated rings. The summed E-state index contributed by atoms with van der Waals surface area (Å²) in [7, 11) is 0. The molecule has 1 aliphatic carbocycles. The summed E-state index contributed by atoms with van der Waals surface area (Å²) in [4.78, 5) is 20.5. The normalized spacial score (nSPS) is 15.3. The van der Waals surface area contributed by atoms with Crippen LogP contribution in [0.1, 0.15) is 44.4 Å². The first-order valence-corrected chi connectivity index (χ1v) is 8.98. The van der Waals surface area contributed by atoms with E-state index in [1.165, 1.54) is 19.3 Å². The van der Waals surface area contributed by atoms with Crippen molar-refractivity contribution in [2.45, 2.75) is 51.0 Å². The average Bonchev–Trinajstić information content (AvgIpc) is 3.15. The van der Waals surface area contributed by atoms with Crippen molar-refractivity contribution in [2.75, 3.05) is 6.54 Å². The van der Waals surface area contributed by atoms with Crippen molar-refractivity contribution in [3.05, 3.63) is 30.4 Å². The van der Waals surface area contributed by atoms with Crippen LogP contribution < -0.4 is 11.1 Å². The first-order valence-electron chi connectivity index (χ1n) is 8.98. The van der Waals surface area contributed by atoms with Gasteiger partial charge in [0, 0.05) is 43.4 Å². The second-order valence-electron chi connectivity index (χ2n) is 6.56. The van der Waals surface area contributed by atoms with Crippen molar-refractivity contribution in [1.29, 1.82) is 0 Å². The molecule has 1 atom stereocenters. The standard InChI is InChI=1S/C18H25N5O2.2ClH/c19-12-15(13-4-2-1-3-5-13)21-16(24)6-7-17-22-18(23-25-17)14-8-10-20-11-9-14;;/h8-11,13,15H,1-7,12,19H2,(H,21,24);2*1H. The predicted molar refractivity (Wildman–Crippen MR) is 108 cm³/mol. The SMILES string of the molecule is Cl.Cl.NCC(NC(=O)CCc1nc(-c2ccncc2)no1)C1CCCCC1. The number of halogens is 2. The summed E-state index contributed by atoms with van der Waals surface area (Å²) < 4.78 is 5.23. The summed E-state index contributed by atoms with van der Waals surface area (Å²) in [6.07, 6.45) is 10.2. The van der Waals surface area contributed by atoms with E-state index in [0.29, 0.717) is 37.0 Å². The summed E-state index contributed by atoms with van der Waals surface area (Å²) in [6, 6.07) is 3.71. The van der Waals surface area contributed by atoms with Crippen molar-refractivity contribution in [3.8, 4) is 11.4 Å². The maximum Gasteiger partial charge on any atom is 0.227 e. The zero-order chi connectivity index (χ0) is 17.5. The second kappa shape index (κ2) is 11.9. The quantitative estimate of drug-likeness (QED) is 0.719. The number of nitrogens with zero attached hydrogens (tertiary/aromatic N) is 3. The Kier molecular flexibility index (Phi) is 10.3. The number of aromatic nitrogens is 3. The molecule has 0 spiro atoms. The zero-order valence-corrected chi connectivity index (χ0v) is 16.8. The van der Waals surface area contributed by atoms with Gasteiger partial charge in [-0.05, 0) is 30.9 Å². The largest absolute Gasteiger partial charge is 0.352 e. The van der Waals surface area contributed by atoms with Gasteiger partial charge in [0.15, 0.2) is 0 Å². The Morgan fingerprint density at radius 1 is 1.22 bits per heavy atom. The van der Waals surface area contributed by atoms with Crippen LogP contribution in [-0.2, 0) is 11.2 Å². The number of hydrogen-bond acceptors (Lipinski definition) is 6. The van der Waals surface area contributed by atoms with Gasteiger partial charge >= 0.3 is 0 Å². The van der Waals surface area contributed by atoms with Crippen molar-refractivity contribution in [1.82, 2.24) is 20.4 Å². The van der Waals surface area contributed by atoms with E-state index in [9.17, 15) is 4.79 Å². The fourth-order valence-electron chi connectivity index (χ4n) is 3.38. The van der Waals surface area contributed by atoms with Crippen molar-refractivity contribution < 1.29 is 9.32 Å². The maximum atomic E-state index is 12.2. The van der Waals surface area contributed by atoms with Crippen molar-refractivity contribution in [3.63, 3.8) is 0 Å². The molecule has 1 saturated carbocycles. The topological polar surface area (TPSA) is 107 Å². The van der Waals surface area contributed by atoms with Crippen LogP contribution in [0.4, 0.5) is 0 Å². The highest BCUT2D eigenvalue weighted by molar-refractivity contribution is 5.85. The van der Waals surface area contributed by atoms with Crippen LogP contribution in [0.3, 0.4) is 0 Å². The Bertz CT molecular complexity index is 677. The van der Waals surface area contributed by atoms with E-state index in [1.54, 1.807) is 12.4 Å². The van der Waals surface area contributed by atoms with Crippen LogP contribution in [0.5, 0.6) is 0 Å². The fraction of sp³-hybridized carbons (Fsp3) is 0.556. The Balaban J connectivity index is 0.00000182. The molecular formula is C18H27Cl2N5O2. The molecule has 2 aromatic heterocycles. The van der Waals surface area contributed by atoms with Gasteiger partial charge in [0.25, 0.3) is 0 Å². The molecule has 7 nitrogen and oxygen atoms in total. The molecule has 3 N–H and O–H groups in total. The van der Waals surface area contributed by atoms with Crippen LogP contribution in [0.15, 0.2) is 29.0 Å². The molecule has 1 aliphatic rings. The number of carbonyl (C=O) groups is 1. The van der Waals surface area contributed by atoms with Crippen LogP contribution >= 0.6 is 24.8 Å². The van der Waals surface area contributed by atoms with E-state index in [0.717, 1.165) is 18.4 Å². The van der Waals surface area contributed by atoms with Crippen LogP contribution in [0.2, 0.25) is 0 Å². The summed E-state index contributed by atoms with van der Waals surface area (Å²) in [6.45, 7) is 0.489. The second-order valence-corrected chi connectivity index (χ2v) is 6.56. The summed E-state index contributed by atoms with van der Waals surface area (Å²) in [5.41, 5.74) is 6.71.